The first-order valence-electron chi connectivity index (χ1n) is 9.91. The van der Waals surface area contributed by atoms with E-state index in [9.17, 15) is 13.2 Å². The highest BCUT2D eigenvalue weighted by molar-refractivity contribution is 7.94. The fraction of sp³-hybridized carbons (Fsp3) is 0.261. The maximum absolute atomic E-state index is 13.0. The number of anilines is 1. The number of benzene rings is 2. The Morgan fingerprint density at radius 2 is 1.70 bits per heavy atom. The molecule has 1 N–H and O–H groups in total. The van der Waals surface area contributed by atoms with Gasteiger partial charge in [0.2, 0.25) is 5.91 Å². The van der Waals surface area contributed by atoms with Crippen molar-refractivity contribution in [1.82, 2.24) is 4.90 Å². The van der Waals surface area contributed by atoms with Crippen molar-refractivity contribution in [2.75, 3.05) is 4.72 Å². The highest BCUT2D eigenvalue weighted by atomic mass is 32.2. The Bertz CT molecular complexity index is 1100. The Labute approximate surface area is 181 Å². The number of nitrogens with zero attached hydrogens (tertiary/aromatic N) is 1. The molecular weight excluding hydrogens is 416 g/mol. The van der Waals surface area contributed by atoms with Crippen LogP contribution in [0.3, 0.4) is 0 Å². The molecule has 5 nitrogen and oxygen atoms in total. The molecule has 1 aromatic heterocycles. The van der Waals surface area contributed by atoms with Gasteiger partial charge in [-0.1, -0.05) is 48.0 Å². The number of rotatable bonds is 8. The minimum absolute atomic E-state index is 0.102. The molecule has 7 heteroatoms. The standard InChI is InChI=1S/C23H24N2O3S2/c1-17-4-6-19(7-5-17)16-25(21-12-13-21)22(26)15-18-8-10-20(11-9-18)24-30(27,28)23-3-2-14-29-23/h2-11,14,21,24H,12-13,15-16H2,1H3. The first-order chi connectivity index (χ1) is 14.4. The van der Waals surface area contributed by atoms with Crippen LogP contribution >= 0.6 is 11.3 Å². The molecule has 1 aliphatic rings. The second kappa shape index (κ2) is 8.62. The third-order valence-electron chi connectivity index (χ3n) is 5.10. The van der Waals surface area contributed by atoms with Crippen molar-refractivity contribution in [2.24, 2.45) is 0 Å². The zero-order chi connectivity index (χ0) is 21.1. The van der Waals surface area contributed by atoms with Crippen LogP contribution in [-0.2, 0) is 27.8 Å². The van der Waals surface area contributed by atoms with Crippen LogP contribution in [0.15, 0.2) is 70.3 Å². The first kappa shape index (κ1) is 20.6. The predicted molar refractivity (Wildman–Crippen MR) is 120 cm³/mol. The summed E-state index contributed by atoms with van der Waals surface area (Å²) in [5.74, 6) is 0.102. The number of thiophene rings is 1. The summed E-state index contributed by atoms with van der Waals surface area (Å²) in [4.78, 5) is 14.9. The molecule has 0 aliphatic heterocycles. The minimum atomic E-state index is -3.57. The molecular formula is C23H24N2O3S2. The number of nitrogens with one attached hydrogen (secondary N) is 1. The lowest BCUT2D eigenvalue weighted by molar-refractivity contribution is -0.131. The molecule has 1 fully saturated rings. The van der Waals surface area contributed by atoms with Crippen LogP contribution in [0.1, 0.15) is 29.5 Å². The summed E-state index contributed by atoms with van der Waals surface area (Å²) in [5, 5.41) is 1.73. The van der Waals surface area contributed by atoms with Crippen molar-refractivity contribution in [3.05, 3.63) is 82.7 Å². The van der Waals surface area contributed by atoms with E-state index in [1.807, 2.05) is 4.90 Å². The monoisotopic (exact) mass is 440 g/mol. The number of carbonyl (C=O) groups is 1. The summed E-state index contributed by atoms with van der Waals surface area (Å²) in [6.45, 7) is 2.68. The molecule has 0 atom stereocenters. The van der Waals surface area contributed by atoms with Gasteiger partial charge in [-0.25, -0.2) is 8.42 Å². The summed E-state index contributed by atoms with van der Waals surface area (Å²) in [5.41, 5.74) is 3.70. The molecule has 1 aliphatic carbocycles. The smallest absolute Gasteiger partial charge is 0.271 e. The van der Waals surface area contributed by atoms with Gasteiger partial charge in [0, 0.05) is 18.3 Å². The molecule has 0 saturated heterocycles. The fourth-order valence-electron chi connectivity index (χ4n) is 3.29. The van der Waals surface area contributed by atoms with Crippen LogP contribution < -0.4 is 4.72 Å². The SMILES string of the molecule is Cc1ccc(CN(C(=O)Cc2ccc(NS(=O)(=O)c3cccs3)cc2)C2CC2)cc1. The molecule has 0 radical (unpaired) electrons. The molecule has 3 aromatic rings. The van der Waals surface area contributed by atoms with E-state index in [1.54, 1.807) is 41.8 Å². The highest BCUT2D eigenvalue weighted by Crippen LogP contribution is 2.29. The van der Waals surface area contributed by atoms with Crippen LogP contribution in [0, 0.1) is 6.92 Å². The van der Waals surface area contributed by atoms with Gasteiger partial charge in [-0.2, -0.15) is 0 Å². The predicted octanol–water partition coefficient (Wildman–Crippen LogP) is 4.59. The van der Waals surface area contributed by atoms with Crippen molar-refractivity contribution >= 4 is 33.0 Å². The number of sulfonamides is 1. The molecule has 1 heterocycles. The number of amides is 1. The van der Waals surface area contributed by atoms with Crippen LogP contribution in [0.4, 0.5) is 5.69 Å². The zero-order valence-electron chi connectivity index (χ0n) is 16.7. The molecule has 0 unspecified atom stereocenters. The van der Waals surface area contributed by atoms with Gasteiger partial charge in [-0.15, -0.1) is 11.3 Å². The van der Waals surface area contributed by atoms with Gasteiger partial charge in [0.1, 0.15) is 4.21 Å². The van der Waals surface area contributed by atoms with Gasteiger partial charge in [-0.05, 0) is 54.5 Å². The highest BCUT2D eigenvalue weighted by Gasteiger charge is 2.32. The summed E-state index contributed by atoms with van der Waals surface area (Å²) < 4.78 is 27.5. The normalized spacial score (nSPS) is 13.8. The van der Waals surface area contributed by atoms with Gasteiger partial charge >= 0.3 is 0 Å². The van der Waals surface area contributed by atoms with E-state index in [0.717, 1.165) is 24.0 Å². The van der Waals surface area contributed by atoms with Crippen LogP contribution in [0.25, 0.3) is 0 Å². The third kappa shape index (κ3) is 5.09. The molecule has 2 aromatic carbocycles. The number of aryl methyl sites for hydroxylation is 1. The Morgan fingerprint density at radius 1 is 1.03 bits per heavy atom. The number of hydrogen-bond donors (Lipinski definition) is 1. The average Bonchev–Trinajstić information content (AvgIpc) is 3.39. The second-order valence-electron chi connectivity index (χ2n) is 7.65. The lowest BCUT2D eigenvalue weighted by Crippen LogP contribution is -2.33. The number of carbonyl (C=O) groups excluding carboxylic acids is 1. The van der Waals surface area contributed by atoms with Crippen LogP contribution in [0.2, 0.25) is 0 Å². The lowest BCUT2D eigenvalue weighted by Gasteiger charge is -2.23. The van der Waals surface area contributed by atoms with Gasteiger partial charge < -0.3 is 4.90 Å². The molecule has 0 spiro atoms. The van der Waals surface area contributed by atoms with E-state index < -0.39 is 10.0 Å². The third-order valence-corrected chi connectivity index (χ3v) is 7.88. The molecule has 1 saturated carbocycles. The van der Waals surface area contributed by atoms with Gasteiger partial charge in [0.15, 0.2) is 0 Å². The molecule has 0 bridgehead atoms. The average molecular weight is 441 g/mol. The Hall–Kier alpha value is -2.64. The number of hydrogen-bond acceptors (Lipinski definition) is 4. The van der Waals surface area contributed by atoms with E-state index in [-0.39, 0.29) is 10.1 Å². The molecule has 1 amide bonds. The van der Waals surface area contributed by atoms with E-state index in [1.165, 1.54) is 16.9 Å². The van der Waals surface area contributed by atoms with Crippen molar-refractivity contribution in [2.45, 2.75) is 43.0 Å². The van der Waals surface area contributed by atoms with E-state index in [2.05, 4.69) is 35.9 Å². The molecule has 156 valence electrons. The summed E-state index contributed by atoms with van der Waals surface area (Å²) in [6.07, 6.45) is 2.42. The Balaban J connectivity index is 1.40. The van der Waals surface area contributed by atoms with E-state index in [0.29, 0.717) is 24.7 Å². The maximum Gasteiger partial charge on any atom is 0.271 e. The van der Waals surface area contributed by atoms with E-state index in [4.69, 9.17) is 0 Å². The summed E-state index contributed by atoms with van der Waals surface area (Å²) in [7, 11) is -3.57. The maximum atomic E-state index is 13.0. The van der Waals surface area contributed by atoms with Crippen molar-refractivity contribution < 1.29 is 13.2 Å². The fourth-order valence-corrected chi connectivity index (χ4v) is 5.34. The van der Waals surface area contributed by atoms with Gasteiger partial charge in [0.05, 0.1) is 6.42 Å². The summed E-state index contributed by atoms with van der Waals surface area (Å²) in [6, 6.07) is 18.9. The van der Waals surface area contributed by atoms with Crippen LogP contribution in [-0.4, -0.2) is 25.3 Å². The van der Waals surface area contributed by atoms with Crippen molar-refractivity contribution in [3.63, 3.8) is 0 Å². The van der Waals surface area contributed by atoms with Crippen molar-refractivity contribution in [1.29, 1.82) is 0 Å². The Morgan fingerprint density at radius 3 is 2.30 bits per heavy atom. The topological polar surface area (TPSA) is 66.5 Å². The molecule has 30 heavy (non-hydrogen) atoms. The first-order valence-corrected chi connectivity index (χ1v) is 12.3. The van der Waals surface area contributed by atoms with E-state index >= 15 is 0 Å². The zero-order valence-corrected chi connectivity index (χ0v) is 18.4. The lowest BCUT2D eigenvalue weighted by atomic mass is 10.1. The Kier molecular flexibility index (Phi) is 5.92. The van der Waals surface area contributed by atoms with Crippen LogP contribution in [0.5, 0.6) is 0 Å². The molecule has 4 rings (SSSR count). The summed E-state index contributed by atoms with van der Waals surface area (Å²) >= 11 is 1.17. The minimum Gasteiger partial charge on any atom is -0.335 e. The van der Waals surface area contributed by atoms with Crippen molar-refractivity contribution in [3.8, 4) is 0 Å². The van der Waals surface area contributed by atoms with Gasteiger partial charge in [-0.3, -0.25) is 9.52 Å². The van der Waals surface area contributed by atoms with Gasteiger partial charge in [0.25, 0.3) is 10.0 Å². The quantitative estimate of drug-likeness (QED) is 0.557. The second-order valence-corrected chi connectivity index (χ2v) is 10.5. The largest absolute Gasteiger partial charge is 0.335 e.